The number of amides is 1. The van der Waals surface area contributed by atoms with Crippen molar-refractivity contribution < 1.29 is 9.53 Å². The molecule has 0 bridgehead atoms. The van der Waals surface area contributed by atoms with Gasteiger partial charge in [-0.3, -0.25) is 4.79 Å². The molecule has 1 aromatic heterocycles. The summed E-state index contributed by atoms with van der Waals surface area (Å²) in [5, 5.41) is 9.64. The Morgan fingerprint density at radius 2 is 1.95 bits per heavy atom. The lowest BCUT2D eigenvalue weighted by molar-refractivity contribution is -0.132. The van der Waals surface area contributed by atoms with E-state index in [0.29, 0.717) is 44.0 Å². The SMILES string of the molecule is O=C(CSc1nnc(C2CC2)n1C1CC1)N1CCOCC1. The Labute approximate surface area is 128 Å². The van der Waals surface area contributed by atoms with Gasteiger partial charge in [-0.15, -0.1) is 10.2 Å². The number of ether oxygens (including phenoxy) is 1. The Hall–Kier alpha value is -1.08. The van der Waals surface area contributed by atoms with Gasteiger partial charge >= 0.3 is 0 Å². The van der Waals surface area contributed by atoms with Crippen molar-refractivity contribution >= 4 is 17.7 Å². The van der Waals surface area contributed by atoms with Crippen molar-refractivity contribution in [2.24, 2.45) is 0 Å². The van der Waals surface area contributed by atoms with E-state index in [4.69, 9.17) is 4.74 Å². The van der Waals surface area contributed by atoms with Crippen LogP contribution in [0.5, 0.6) is 0 Å². The summed E-state index contributed by atoms with van der Waals surface area (Å²) in [6.07, 6.45) is 4.93. The molecule has 0 spiro atoms. The van der Waals surface area contributed by atoms with Crippen LogP contribution >= 0.6 is 11.8 Å². The van der Waals surface area contributed by atoms with Crippen molar-refractivity contribution in [3.63, 3.8) is 0 Å². The minimum atomic E-state index is 0.182. The molecule has 0 unspecified atom stereocenters. The van der Waals surface area contributed by atoms with Gasteiger partial charge in [0.15, 0.2) is 5.16 Å². The second-order valence-corrected chi connectivity index (χ2v) is 6.94. The third-order valence-corrected chi connectivity index (χ3v) is 5.16. The molecule has 1 amide bonds. The van der Waals surface area contributed by atoms with Crippen molar-refractivity contribution in [2.45, 2.75) is 42.8 Å². The Balaban J connectivity index is 1.41. The predicted molar refractivity (Wildman–Crippen MR) is 78.4 cm³/mol. The minimum Gasteiger partial charge on any atom is -0.378 e. The standard InChI is InChI=1S/C14H20N4O2S/c19-12(17-5-7-20-8-6-17)9-21-14-16-15-13(10-1-2-10)18(14)11-3-4-11/h10-11H,1-9H2. The minimum absolute atomic E-state index is 0.182. The molecular formula is C14H20N4O2S. The molecule has 2 saturated carbocycles. The summed E-state index contributed by atoms with van der Waals surface area (Å²) in [6.45, 7) is 2.73. The third-order valence-electron chi connectivity index (χ3n) is 4.23. The van der Waals surface area contributed by atoms with Gasteiger partial charge in [0.05, 0.1) is 19.0 Å². The molecule has 4 rings (SSSR count). The Morgan fingerprint density at radius 1 is 1.19 bits per heavy atom. The fourth-order valence-corrected chi connectivity index (χ4v) is 3.63. The summed E-state index contributed by atoms with van der Waals surface area (Å²) in [5.41, 5.74) is 0. The molecule has 0 aromatic carbocycles. The average Bonchev–Trinajstić information content (AvgIpc) is 3.44. The van der Waals surface area contributed by atoms with E-state index < -0.39 is 0 Å². The Bertz CT molecular complexity index is 533. The van der Waals surface area contributed by atoms with Gasteiger partial charge in [0.1, 0.15) is 5.82 Å². The van der Waals surface area contributed by atoms with Crippen molar-refractivity contribution in [1.82, 2.24) is 19.7 Å². The molecule has 3 aliphatic rings. The molecule has 0 radical (unpaired) electrons. The molecule has 114 valence electrons. The maximum atomic E-state index is 12.2. The highest BCUT2D eigenvalue weighted by Crippen LogP contribution is 2.45. The Morgan fingerprint density at radius 3 is 2.62 bits per heavy atom. The number of carbonyl (C=O) groups is 1. The number of thioether (sulfide) groups is 1. The van der Waals surface area contributed by atoms with Gasteiger partial charge in [0.2, 0.25) is 5.91 Å². The average molecular weight is 308 g/mol. The van der Waals surface area contributed by atoms with E-state index >= 15 is 0 Å². The first kappa shape index (κ1) is 13.6. The van der Waals surface area contributed by atoms with E-state index in [-0.39, 0.29) is 5.91 Å². The molecule has 2 heterocycles. The molecule has 1 saturated heterocycles. The van der Waals surface area contributed by atoms with E-state index in [2.05, 4.69) is 14.8 Å². The van der Waals surface area contributed by atoms with Gasteiger partial charge in [-0.1, -0.05) is 11.8 Å². The summed E-state index contributed by atoms with van der Waals surface area (Å²) >= 11 is 1.54. The lowest BCUT2D eigenvalue weighted by Gasteiger charge is -2.26. The largest absolute Gasteiger partial charge is 0.378 e. The van der Waals surface area contributed by atoms with Gasteiger partial charge < -0.3 is 14.2 Å². The normalized spacial score (nSPS) is 22.6. The van der Waals surface area contributed by atoms with Crippen LogP contribution in [0.1, 0.15) is 43.5 Å². The second-order valence-electron chi connectivity index (χ2n) is 6.00. The third kappa shape index (κ3) is 2.94. The topological polar surface area (TPSA) is 60.2 Å². The van der Waals surface area contributed by atoms with Crippen molar-refractivity contribution in [2.75, 3.05) is 32.1 Å². The molecule has 2 aliphatic carbocycles. The summed E-state index contributed by atoms with van der Waals surface area (Å²) < 4.78 is 7.58. The zero-order valence-electron chi connectivity index (χ0n) is 12.0. The molecule has 3 fully saturated rings. The first-order chi connectivity index (χ1) is 10.3. The highest BCUT2D eigenvalue weighted by Gasteiger charge is 2.36. The highest BCUT2D eigenvalue weighted by atomic mass is 32.2. The number of carbonyl (C=O) groups excluding carboxylic acids is 1. The van der Waals surface area contributed by atoms with E-state index in [0.717, 1.165) is 11.0 Å². The van der Waals surface area contributed by atoms with E-state index in [9.17, 15) is 4.79 Å². The number of hydrogen-bond donors (Lipinski definition) is 0. The van der Waals surface area contributed by atoms with E-state index in [1.165, 1.54) is 25.7 Å². The van der Waals surface area contributed by atoms with Crippen molar-refractivity contribution in [3.8, 4) is 0 Å². The van der Waals surface area contributed by atoms with Crippen LogP contribution in [0.15, 0.2) is 5.16 Å². The summed E-state index contributed by atoms with van der Waals surface area (Å²) in [5.74, 6) is 2.40. The van der Waals surface area contributed by atoms with Crippen molar-refractivity contribution in [1.29, 1.82) is 0 Å². The van der Waals surface area contributed by atoms with Crippen LogP contribution < -0.4 is 0 Å². The molecule has 1 aromatic rings. The summed E-state index contributed by atoms with van der Waals surface area (Å²) in [7, 11) is 0. The quantitative estimate of drug-likeness (QED) is 0.770. The maximum absolute atomic E-state index is 12.2. The van der Waals surface area contributed by atoms with E-state index in [1.54, 1.807) is 11.8 Å². The van der Waals surface area contributed by atoms with Crippen LogP contribution in [0.25, 0.3) is 0 Å². The van der Waals surface area contributed by atoms with Crippen LogP contribution in [-0.2, 0) is 9.53 Å². The number of aromatic nitrogens is 3. The van der Waals surface area contributed by atoms with Gasteiger partial charge in [0, 0.05) is 25.0 Å². The zero-order chi connectivity index (χ0) is 14.2. The smallest absolute Gasteiger partial charge is 0.233 e. The predicted octanol–water partition coefficient (Wildman–Crippen LogP) is 1.44. The lowest BCUT2D eigenvalue weighted by atomic mass is 10.4. The molecule has 1 aliphatic heterocycles. The number of nitrogens with zero attached hydrogens (tertiary/aromatic N) is 4. The van der Waals surface area contributed by atoms with Crippen LogP contribution in [0.4, 0.5) is 0 Å². The van der Waals surface area contributed by atoms with Crippen LogP contribution in [0, 0.1) is 0 Å². The zero-order valence-corrected chi connectivity index (χ0v) is 12.8. The Kier molecular flexibility index (Phi) is 3.62. The van der Waals surface area contributed by atoms with E-state index in [1.807, 2.05) is 4.90 Å². The van der Waals surface area contributed by atoms with Gasteiger partial charge in [-0.25, -0.2) is 0 Å². The van der Waals surface area contributed by atoms with Crippen LogP contribution in [-0.4, -0.2) is 57.6 Å². The maximum Gasteiger partial charge on any atom is 0.233 e. The fourth-order valence-electron chi connectivity index (χ4n) is 2.71. The molecular weight excluding hydrogens is 288 g/mol. The monoisotopic (exact) mass is 308 g/mol. The highest BCUT2D eigenvalue weighted by molar-refractivity contribution is 7.99. The number of hydrogen-bond acceptors (Lipinski definition) is 5. The first-order valence-corrected chi connectivity index (χ1v) is 8.74. The molecule has 21 heavy (non-hydrogen) atoms. The van der Waals surface area contributed by atoms with Crippen LogP contribution in [0.2, 0.25) is 0 Å². The lowest BCUT2D eigenvalue weighted by Crippen LogP contribution is -2.41. The molecule has 7 heteroatoms. The number of rotatable bonds is 5. The summed E-state index contributed by atoms with van der Waals surface area (Å²) in [6, 6.07) is 0.580. The van der Waals surface area contributed by atoms with Gasteiger partial charge in [-0.05, 0) is 25.7 Å². The first-order valence-electron chi connectivity index (χ1n) is 7.76. The van der Waals surface area contributed by atoms with Crippen LogP contribution in [0.3, 0.4) is 0 Å². The molecule has 0 N–H and O–H groups in total. The fraction of sp³-hybridized carbons (Fsp3) is 0.786. The summed E-state index contributed by atoms with van der Waals surface area (Å²) in [4.78, 5) is 14.1. The van der Waals surface area contributed by atoms with Crippen molar-refractivity contribution in [3.05, 3.63) is 5.82 Å². The van der Waals surface area contributed by atoms with Gasteiger partial charge in [-0.2, -0.15) is 0 Å². The van der Waals surface area contributed by atoms with Gasteiger partial charge in [0.25, 0.3) is 0 Å². The number of morpholine rings is 1. The molecule has 6 nitrogen and oxygen atoms in total. The molecule has 0 atom stereocenters. The second kappa shape index (κ2) is 5.61.